The predicted molar refractivity (Wildman–Crippen MR) is 84.9 cm³/mol. The number of ketones is 1. The van der Waals surface area contributed by atoms with E-state index in [4.69, 9.17) is 23.2 Å². The molecular formula is C17H12Cl2N2O. The highest BCUT2D eigenvalue weighted by Crippen LogP contribution is 2.50. The van der Waals surface area contributed by atoms with E-state index in [-0.39, 0.29) is 17.6 Å². The molecule has 0 spiro atoms. The molecule has 3 unspecified atom stereocenters. The Balaban J connectivity index is 1.77. The molecule has 3 rings (SSSR count). The van der Waals surface area contributed by atoms with Crippen LogP contribution in [0.15, 0.2) is 42.6 Å². The molecular weight excluding hydrogens is 319 g/mol. The lowest BCUT2D eigenvalue weighted by atomic mass is 9.95. The van der Waals surface area contributed by atoms with Gasteiger partial charge in [0, 0.05) is 12.1 Å². The third kappa shape index (κ3) is 2.85. The minimum Gasteiger partial charge on any atom is -0.297 e. The van der Waals surface area contributed by atoms with Crippen molar-refractivity contribution in [2.45, 2.75) is 18.3 Å². The Kier molecular flexibility index (Phi) is 4.15. The maximum atomic E-state index is 12.6. The van der Waals surface area contributed by atoms with Gasteiger partial charge in [0.25, 0.3) is 0 Å². The van der Waals surface area contributed by atoms with Crippen molar-refractivity contribution in [2.24, 2.45) is 5.92 Å². The van der Waals surface area contributed by atoms with Crippen molar-refractivity contribution in [3.05, 3.63) is 63.9 Å². The Hall–Kier alpha value is -1.89. The van der Waals surface area contributed by atoms with Gasteiger partial charge in [-0.3, -0.25) is 9.78 Å². The average molecular weight is 331 g/mol. The molecule has 5 heteroatoms. The second-order valence-electron chi connectivity index (χ2n) is 5.34. The van der Waals surface area contributed by atoms with Gasteiger partial charge in [0.1, 0.15) is 5.92 Å². The molecule has 110 valence electrons. The van der Waals surface area contributed by atoms with Crippen molar-refractivity contribution in [3.8, 4) is 6.07 Å². The van der Waals surface area contributed by atoms with Crippen molar-refractivity contribution in [1.29, 1.82) is 5.26 Å². The monoisotopic (exact) mass is 330 g/mol. The summed E-state index contributed by atoms with van der Waals surface area (Å²) in [5.74, 6) is -0.915. The third-order valence-electron chi connectivity index (χ3n) is 3.92. The number of halogens is 2. The quantitative estimate of drug-likeness (QED) is 0.836. The first kappa shape index (κ1) is 15.0. The standard InChI is InChI=1S/C17H12Cl2N2O/c18-14-5-4-10(7-15(14)19)11-8-12(11)17(22)13(9-20)16-3-1-2-6-21-16/h1-7,11-13H,8H2. The van der Waals surface area contributed by atoms with E-state index in [1.807, 2.05) is 6.07 Å². The first-order chi connectivity index (χ1) is 10.6. The smallest absolute Gasteiger partial charge is 0.159 e. The van der Waals surface area contributed by atoms with E-state index >= 15 is 0 Å². The number of benzene rings is 1. The number of hydrogen-bond acceptors (Lipinski definition) is 3. The highest BCUT2D eigenvalue weighted by Gasteiger charge is 2.46. The first-order valence-electron chi connectivity index (χ1n) is 6.91. The van der Waals surface area contributed by atoms with E-state index in [0.29, 0.717) is 15.7 Å². The lowest BCUT2D eigenvalue weighted by Gasteiger charge is -2.07. The summed E-state index contributed by atoms with van der Waals surface area (Å²) in [5, 5.41) is 10.3. The molecule has 1 aliphatic carbocycles. The molecule has 1 aromatic heterocycles. The largest absolute Gasteiger partial charge is 0.297 e. The van der Waals surface area contributed by atoms with Crippen molar-refractivity contribution in [1.82, 2.24) is 4.98 Å². The number of carbonyl (C=O) groups is 1. The predicted octanol–water partition coefficient (Wildman–Crippen LogP) is 4.37. The summed E-state index contributed by atoms with van der Waals surface area (Å²) in [6, 6.07) is 12.7. The van der Waals surface area contributed by atoms with Crippen LogP contribution in [0, 0.1) is 17.2 Å². The minimum absolute atomic E-state index is 0.0720. The SMILES string of the molecule is N#CC(C(=O)C1CC1c1ccc(Cl)c(Cl)c1)c1ccccn1. The van der Waals surface area contributed by atoms with Crippen molar-refractivity contribution < 1.29 is 4.79 Å². The van der Waals surface area contributed by atoms with Crippen LogP contribution in [-0.2, 0) is 4.79 Å². The zero-order chi connectivity index (χ0) is 15.7. The molecule has 0 saturated heterocycles. The van der Waals surface area contributed by atoms with Crippen LogP contribution in [-0.4, -0.2) is 10.8 Å². The van der Waals surface area contributed by atoms with Gasteiger partial charge in [0.15, 0.2) is 5.78 Å². The molecule has 0 aliphatic heterocycles. The number of aromatic nitrogens is 1. The van der Waals surface area contributed by atoms with Gasteiger partial charge < -0.3 is 0 Å². The Labute approximate surface area is 138 Å². The topological polar surface area (TPSA) is 53.8 Å². The molecule has 0 bridgehead atoms. The third-order valence-corrected chi connectivity index (χ3v) is 4.66. The average Bonchev–Trinajstić information content (AvgIpc) is 3.32. The number of nitriles is 1. The minimum atomic E-state index is -0.807. The molecule has 1 aliphatic rings. The van der Waals surface area contributed by atoms with Crippen LogP contribution in [0.3, 0.4) is 0 Å². The lowest BCUT2D eigenvalue weighted by molar-refractivity contribution is -0.120. The van der Waals surface area contributed by atoms with Crippen molar-refractivity contribution >= 4 is 29.0 Å². The van der Waals surface area contributed by atoms with E-state index in [0.717, 1.165) is 12.0 Å². The fraction of sp³-hybridized carbons (Fsp3) is 0.235. The summed E-state index contributed by atoms with van der Waals surface area (Å²) in [5.41, 5.74) is 1.50. The van der Waals surface area contributed by atoms with Gasteiger partial charge in [-0.25, -0.2) is 0 Å². The molecule has 3 atom stereocenters. The number of hydrogen-bond donors (Lipinski definition) is 0. The van der Waals surface area contributed by atoms with Crippen molar-refractivity contribution in [3.63, 3.8) is 0 Å². The van der Waals surface area contributed by atoms with Gasteiger partial charge in [-0.05, 0) is 42.2 Å². The summed E-state index contributed by atoms with van der Waals surface area (Å²) in [4.78, 5) is 16.7. The molecule has 1 heterocycles. The Morgan fingerprint density at radius 1 is 1.27 bits per heavy atom. The Morgan fingerprint density at radius 2 is 2.09 bits per heavy atom. The summed E-state index contributed by atoms with van der Waals surface area (Å²) in [6.07, 6.45) is 2.33. The second-order valence-corrected chi connectivity index (χ2v) is 6.16. The van der Waals surface area contributed by atoms with Gasteiger partial charge in [0.2, 0.25) is 0 Å². The summed E-state index contributed by atoms with van der Waals surface area (Å²) >= 11 is 11.9. The summed E-state index contributed by atoms with van der Waals surface area (Å²) in [6.45, 7) is 0. The summed E-state index contributed by atoms with van der Waals surface area (Å²) in [7, 11) is 0. The van der Waals surface area contributed by atoms with Gasteiger partial charge in [-0.2, -0.15) is 5.26 Å². The van der Waals surface area contributed by atoms with Crippen molar-refractivity contribution in [2.75, 3.05) is 0 Å². The van der Waals surface area contributed by atoms with E-state index < -0.39 is 5.92 Å². The van der Waals surface area contributed by atoms with Gasteiger partial charge in [-0.1, -0.05) is 35.3 Å². The highest BCUT2D eigenvalue weighted by atomic mass is 35.5. The van der Waals surface area contributed by atoms with Gasteiger partial charge in [0.05, 0.1) is 21.8 Å². The molecule has 3 nitrogen and oxygen atoms in total. The maximum absolute atomic E-state index is 12.6. The van der Waals surface area contributed by atoms with E-state index in [2.05, 4.69) is 11.1 Å². The highest BCUT2D eigenvalue weighted by molar-refractivity contribution is 6.42. The van der Waals surface area contributed by atoms with Crippen LogP contribution in [0.1, 0.15) is 29.5 Å². The second kappa shape index (κ2) is 6.08. The number of rotatable bonds is 4. The number of carbonyl (C=O) groups excluding carboxylic acids is 1. The molecule has 2 aromatic rings. The van der Waals surface area contributed by atoms with Crippen LogP contribution in [0.25, 0.3) is 0 Å². The summed E-state index contributed by atoms with van der Waals surface area (Å²) < 4.78 is 0. The fourth-order valence-corrected chi connectivity index (χ4v) is 2.96. The molecule has 0 radical (unpaired) electrons. The van der Waals surface area contributed by atoms with Crippen LogP contribution in [0.4, 0.5) is 0 Å². The molecule has 1 fully saturated rings. The van der Waals surface area contributed by atoms with Crippen LogP contribution in [0.2, 0.25) is 10.0 Å². The number of nitrogens with zero attached hydrogens (tertiary/aromatic N) is 2. The van der Waals surface area contributed by atoms with Gasteiger partial charge in [-0.15, -0.1) is 0 Å². The van der Waals surface area contributed by atoms with Crippen LogP contribution < -0.4 is 0 Å². The molecule has 0 amide bonds. The molecule has 0 N–H and O–H groups in total. The Bertz CT molecular complexity index is 755. The first-order valence-corrected chi connectivity index (χ1v) is 7.66. The molecule has 22 heavy (non-hydrogen) atoms. The maximum Gasteiger partial charge on any atom is 0.159 e. The lowest BCUT2D eigenvalue weighted by Crippen LogP contribution is -2.14. The zero-order valence-corrected chi connectivity index (χ0v) is 13.1. The Morgan fingerprint density at radius 3 is 2.73 bits per heavy atom. The fourth-order valence-electron chi connectivity index (χ4n) is 2.66. The van der Waals surface area contributed by atoms with Crippen LogP contribution >= 0.6 is 23.2 Å². The molecule has 1 saturated carbocycles. The van der Waals surface area contributed by atoms with E-state index in [1.54, 1.807) is 36.5 Å². The zero-order valence-electron chi connectivity index (χ0n) is 11.5. The number of Topliss-reactive ketones (excluding diaryl/α,β-unsaturated/α-hetero) is 1. The molecule has 1 aromatic carbocycles. The normalized spacial score (nSPS) is 21.0. The number of pyridine rings is 1. The van der Waals surface area contributed by atoms with E-state index in [9.17, 15) is 10.1 Å². The van der Waals surface area contributed by atoms with E-state index in [1.165, 1.54) is 0 Å². The van der Waals surface area contributed by atoms with Gasteiger partial charge >= 0.3 is 0 Å². The van der Waals surface area contributed by atoms with Crippen LogP contribution in [0.5, 0.6) is 0 Å².